The van der Waals surface area contributed by atoms with E-state index in [0.717, 1.165) is 28.3 Å². The molecule has 1 heterocycles. The molecule has 0 unspecified atom stereocenters. The van der Waals surface area contributed by atoms with E-state index in [1.807, 2.05) is 18.2 Å². The highest BCUT2D eigenvalue weighted by Crippen LogP contribution is 2.27. The zero-order chi connectivity index (χ0) is 15.0. The predicted octanol–water partition coefficient (Wildman–Crippen LogP) is 4.39. The van der Waals surface area contributed by atoms with Gasteiger partial charge in [0, 0.05) is 11.8 Å². The second kappa shape index (κ2) is 5.41. The van der Waals surface area contributed by atoms with E-state index in [0.29, 0.717) is 5.88 Å². The first-order valence-corrected chi connectivity index (χ1v) is 7.36. The van der Waals surface area contributed by atoms with Gasteiger partial charge in [-0.05, 0) is 49.2 Å². The predicted molar refractivity (Wildman–Crippen MR) is 86.7 cm³/mol. The molecule has 0 aliphatic carbocycles. The monoisotopic (exact) mass is 300 g/mol. The molecule has 0 atom stereocenters. The number of methoxy groups -OCH3 is 1. The lowest BCUT2D eigenvalue weighted by Gasteiger charge is -2.10. The van der Waals surface area contributed by atoms with Gasteiger partial charge in [0.25, 0.3) is 0 Å². The van der Waals surface area contributed by atoms with Crippen LogP contribution in [0.15, 0.2) is 36.4 Å². The number of halogens is 1. The van der Waals surface area contributed by atoms with Crippen molar-refractivity contribution < 1.29 is 4.74 Å². The lowest BCUT2D eigenvalue weighted by molar-refractivity contribution is 0.415. The number of benzene rings is 2. The lowest BCUT2D eigenvalue weighted by atomic mass is 10.1. The van der Waals surface area contributed by atoms with E-state index in [-0.39, 0.29) is 0 Å². The van der Waals surface area contributed by atoms with Crippen LogP contribution >= 0.6 is 11.6 Å². The van der Waals surface area contributed by atoms with E-state index in [4.69, 9.17) is 16.3 Å². The summed E-state index contributed by atoms with van der Waals surface area (Å²) in [4.78, 5) is 4.62. The number of aryl methyl sites for hydroxylation is 2. The van der Waals surface area contributed by atoms with Gasteiger partial charge in [0.05, 0.1) is 24.0 Å². The summed E-state index contributed by atoms with van der Waals surface area (Å²) < 4.78 is 7.43. The molecule has 0 N–H and O–H groups in total. The molecule has 0 bridgehead atoms. The highest BCUT2D eigenvalue weighted by molar-refractivity contribution is 6.17. The van der Waals surface area contributed by atoms with Crippen molar-refractivity contribution in [2.75, 3.05) is 7.11 Å². The van der Waals surface area contributed by atoms with Crippen LogP contribution in [-0.4, -0.2) is 16.7 Å². The summed E-state index contributed by atoms with van der Waals surface area (Å²) in [5.74, 6) is 2.02. The molecule has 0 spiro atoms. The summed E-state index contributed by atoms with van der Waals surface area (Å²) in [6, 6.07) is 12.3. The van der Waals surface area contributed by atoms with Crippen LogP contribution in [0.2, 0.25) is 0 Å². The molecule has 3 nitrogen and oxygen atoms in total. The van der Waals surface area contributed by atoms with Gasteiger partial charge in [-0.15, -0.1) is 11.6 Å². The van der Waals surface area contributed by atoms with Crippen molar-refractivity contribution in [1.82, 2.24) is 9.55 Å². The number of fused-ring (bicyclic) bond motifs is 1. The Balaban J connectivity index is 2.32. The van der Waals surface area contributed by atoms with Gasteiger partial charge in [0.2, 0.25) is 0 Å². The van der Waals surface area contributed by atoms with Crippen molar-refractivity contribution in [2.24, 2.45) is 0 Å². The van der Waals surface area contributed by atoms with Crippen LogP contribution < -0.4 is 4.74 Å². The average molecular weight is 301 g/mol. The molecule has 0 saturated carbocycles. The fourth-order valence-corrected chi connectivity index (χ4v) is 2.87. The molecule has 0 aliphatic heterocycles. The van der Waals surface area contributed by atoms with Crippen molar-refractivity contribution in [3.05, 3.63) is 53.3 Å². The third-order valence-corrected chi connectivity index (χ3v) is 3.75. The second-order valence-corrected chi connectivity index (χ2v) is 5.46. The SMILES string of the molecule is COc1ccc2nc(CCl)n(-c3cc(C)cc(C)c3)c2c1. The maximum atomic E-state index is 6.09. The highest BCUT2D eigenvalue weighted by atomic mass is 35.5. The third-order valence-electron chi connectivity index (χ3n) is 3.52. The molecule has 3 rings (SSSR count). The molecule has 1 aromatic heterocycles. The van der Waals surface area contributed by atoms with E-state index in [1.165, 1.54) is 11.1 Å². The number of imidazole rings is 1. The Morgan fingerprint density at radius 3 is 2.43 bits per heavy atom. The van der Waals surface area contributed by atoms with Crippen molar-refractivity contribution in [3.8, 4) is 11.4 Å². The van der Waals surface area contributed by atoms with Crippen LogP contribution in [0.3, 0.4) is 0 Å². The lowest BCUT2D eigenvalue weighted by Crippen LogP contribution is -2.00. The fourth-order valence-electron chi connectivity index (χ4n) is 2.69. The standard InChI is InChI=1S/C17H17ClN2O/c1-11-6-12(2)8-13(7-11)20-16-9-14(21-3)4-5-15(16)19-17(20)10-18/h4-9H,10H2,1-3H3. The zero-order valence-electron chi connectivity index (χ0n) is 12.4. The molecular formula is C17H17ClN2O. The Labute approximate surface area is 129 Å². The minimum Gasteiger partial charge on any atom is -0.497 e. The quantitative estimate of drug-likeness (QED) is 0.671. The molecule has 0 radical (unpaired) electrons. The Morgan fingerprint density at radius 2 is 1.81 bits per heavy atom. The summed E-state index contributed by atoms with van der Waals surface area (Å²) >= 11 is 6.09. The molecule has 0 amide bonds. The minimum absolute atomic E-state index is 0.365. The first-order chi connectivity index (χ1) is 10.1. The van der Waals surface area contributed by atoms with E-state index in [1.54, 1.807) is 7.11 Å². The smallest absolute Gasteiger partial charge is 0.129 e. The van der Waals surface area contributed by atoms with Crippen LogP contribution in [0, 0.1) is 13.8 Å². The molecule has 3 aromatic rings. The highest BCUT2D eigenvalue weighted by Gasteiger charge is 2.13. The van der Waals surface area contributed by atoms with Crippen LogP contribution in [-0.2, 0) is 5.88 Å². The van der Waals surface area contributed by atoms with Crippen LogP contribution in [0.4, 0.5) is 0 Å². The van der Waals surface area contributed by atoms with Gasteiger partial charge in [-0.1, -0.05) is 6.07 Å². The Hall–Kier alpha value is -2.00. The molecule has 108 valence electrons. The molecule has 21 heavy (non-hydrogen) atoms. The molecule has 0 fully saturated rings. The number of hydrogen-bond donors (Lipinski definition) is 0. The fraction of sp³-hybridized carbons (Fsp3) is 0.235. The van der Waals surface area contributed by atoms with Crippen LogP contribution in [0.5, 0.6) is 5.75 Å². The largest absolute Gasteiger partial charge is 0.497 e. The Kier molecular flexibility index (Phi) is 3.60. The van der Waals surface area contributed by atoms with Crippen molar-refractivity contribution in [1.29, 1.82) is 0 Å². The molecule has 4 heteroatoms. The van der Waals surface area contributed by atoms with Crippen molar-refractivity contribution >= 4 is 22.6 Å². The second-order valence-electron chi connectivity index (χ2n) is 5.20. The normalized spacial score (nSPS) is 11.0. The third kappa shape index (κ3) is 2.49. The van der Waals surface area contributed by atoms with E-state index in [9.17, 15) is 0 Å². The summed E-state index contributed by atoms with van der Waals surface area (Å²) in [6.07, 6.45) is 0. The summed E-state index contributed by atoms with van der Waals surface area (Å²) in [7, 11) is 1.67. The number of aromatic nitrogens is 2. The maximum absolute atomic E-state index is 6.09. The first-order valence-electron chi connectivity index (χ1n) is 6.82. The van der Waals surface area contributed by atoms with Gasteiger partial charge >= 0.3 is 0 Å². The summed E-state index contributed by atoms with van der Waals surface area (Å²) in [5.41, 5.74) is 5.45. The zero-order valence-corrected chi connectivity index (χ0v) is 13.1. The van der Waals surface area contributed by atoms with Crippen molar-refractivity contribution in [3.63, 3.8) is 0 Å². The van der Waals surface area contributed by atoms with E-state index < -0.39 is 0 Å². The summed E-state index contributed by atoms with van der Waals surface area (Å²) in [5, 5.41) is 0. The van der Waals surface area contributed by atoms with Crippen molar-refractivity contribution in [2.45, 2.75) is 19.7 Å². The average Bonchev–Trinajstić information content (AvgIpc) is 2.83. The van der Waals surface area contributed by atoms with Gasteiger partial charge in [-0.25, -0.2) is 4.98 Å². The topological polar surface area (TPSA) is 27.1 Å². The van der Waals surface area contributed by atoms with Gasteiger partial charge in [-0.2, -0.15) is 0 Å². The van der Waals surface area contributed by atoms with Crippen LogP contribution in [0.1, 0.15) is 17.0 Å². The summed E-state index contributed by atoms with van der Waals surface area (Å²) in [6.45, 7) is 4.19. The van der Waals surface area contributed by atoms with Gasteiger partial charge in [-0.3, -0.25) is 4.57 Å². The van der Waals surface area contributed by atoms with Gasteiger partial charge in [0.1, 0.15) is 11.6 Å². The molecule has 0 saturated heterocycles. The van der Waals surface area contributed by atoms with E-state index >= 15 is 0 Å². The number of hydrogen-bond acceptors (Lipinski definition) is 2. The minimum atomic E-state index is 0.365. The van der Waals surface area contributed by atoms with Gasteiger partial charge in [0.15, 0.2) is 0 Å². The number of nitrogens with zero attached hydrogens (tertiary/aromatic N) is 2. The Bertz CT molecular complexity index is 788. The Morgan fingerprint density at radius 1 is 1.10 bits per heavy atom. The first kappa shape index (κ1) is 14.0. The number of ether oxygens (including phenoxy) is 1. The number of rotatable bonds is 3. The maximum Gasteiger partial charge on any atom is 0.129 e. The molecule has 2 aromatic carbocycles. The molecule has 0 aliphatic rings. The van der Waals surface area contributed by atoms with Crippen LogP contribution in [0.25, 0.3) is 16.7 Å². The van der Waals surface area contributed by atoms with Gasteiger partial charge < -0.3 is 4.74 Å². The molecular weight excluding hydrogens is 284 g/mol. The number of alkyl halides is 1. The van der Waals surface area contributed by atoms with E-state index in [2.05, 4.69) is 41.6 Å².